The van der Waals surface area contributed by atoms with Gasteiger partial charge in [0, 0.05) is 9.80 Å². The van der Waals surface area contributed by atoms with Crippen molar-refractivity contribution in [3.8, 4) is 5.75 Å². The van der Waals surface area contributed by atoms with E-state index in [1.807, 2.05) is 24.3 Å². The third-order valence-electron chi connectivity index (χ3n) is 2.82. The summed E-state index contributed by atoms with van der Waals surface area (Å²) in [6, 6.07) is 14.3. The van der Waals surface area contributed by atoms with E-state index in [1.54, 1.807) is 0 Å². The number of benzene rings is 2. The summed E-state index contributed by atoms with van der Waals surface area (Å²) in [5, 5.41) is 0.815. The van der Waals surface area contributed by atoms with E-state index in [0.29, 0.717) is 6.61 Å². The molecular formula is C15H14Br2O. The quantitative estimate of drug-likeness (QED) is 0.670. The first kappa shape index (κ1) is 13.6. The van der Waals surface area contributed by atoms with E-state index in [2.05, 4.69) is 57.0 Å². The molecule has 0 aromatic heterocycles. The fraction of sp³-hybridized carbons (Fsp3) is 0.200. The standard InChI is InChI=1S/C15H14Br2O/c1-11-4-2-3-5-12(11)10-18-14-6-7-15(17)13(8-14)9-16/h2-8H,9-10H2,1H3. The van der Waals surface area contributed by atoms with E-state index in [9.17, 15) is 0 Å². The average Bonchev–Trinajstić information content (AvgIpc) is 2.39. The van der Waals surface area contributed by atoms with Gasteiger partial charge in [-0.1, -0.05) is 56.1 Å². The van der Waals surface area contributed by atoms with Crippen LogP contribution in [-0.4, -0.2) is 0 Å². The molecule has 0 radical (unpaired) electrons. The minimum absolute atomic E-state index is 0.607. The van der Waals surface area contributed by atoms with Gasteiger partial charge in [0.15, 0.2) is 0 Å². The van der Waals surface area contributed by atoms with Crippen LogP contribution in [0, 0.1) is 6.92 Å². The molecule has 2 rings (SSSR count). The third-order valence-corrected chi connectivity index (χ3v) is 4.19. The van der Waals surface area contributed by atoms with Crippen molar-refractivity contribution in [1.29, 1.82) is 0 Å². The second kappa shape index (κ2) is 6.39. The summed E-state index contributed by atoms with van der Waals surface area (Å²) in [4.78, 5) is 0. The van der Waals surface area contributed by atoms with Crippen molar-refractivity contribution in [1.82, 2.24) is 0 Å². The topological polar surface area (TPSA) is 9.23 Å². The first-order valence-electron chi connectivity index (χ1n) is 5.72. The lowest BCUT2D eigenvalue weighted by Crippen LogP contribution is -1.98. The van der Waals surface area contributed by atoms with Gasteiger partial charge in [0.2, 0.25) is 0 Å². The van der Waals surface area contributed by atoms with E-state index in [4.69, 9.17) is 4.74 Å². The van der Waals surface area contributed by atoms with Gasteiger partial charge in [0.05, 0.1) is 0 Å². The van der Waals surface area contributed by atoms with Crippen LogP contribution in [0.2, 0.25) is 0 Å². The zero-order valence-electron chi connectivity index (χ0n) is 10.1. The first-order chi connectivity index (χ1) is 8.70. The number of alkyl halides is 1. The molecule has 0 fully saturated rings. The lowest BCUT2D eigenvalue weighted by Gasteiger charge is -2.10. The van der Waals surface area contributed by atoms with Gasteiger partial charge in [-0.3, -0.25) is 0 Å². The molecule has 0 saturated heterocycles. The highest BCUT2D eigenvalue weighted by molar-refractivity contribution is 9.10. The van der Waals surface area contributed by atoms with Crippen LogP contribution in [0.4, 0.5) is 0 Å². The van der Waals surface area contributed by atoms with Crippen molar-refractivity contribution >= 4 is 31.9 Å². The molecule has 0 unspecified atom stereocenters. The Morgan fingerprint density at radius 3 is 2.56 bits per heavy atom. The smallest absolute Gasteiger partial charge is 0.120 e. The maximum absolute atomic E-state index is 5.83. The Morgan fingerprint density at radius 1 is 1.06 bits per heavy atom. The number of hydrogen-bond donors (Lipinski definition) is 0. The van der Waals surface area contributed by atoms with E-state index < -0.39 is 0 Å². The monoisotopic (exact) mass is 368 g/mol. The Bertz CT molecular complexity index is 538. The maximum Gasteiger partial charge on any atom is 0.120 e. The zero-order chi connectivity index (χ0) is 13.0. The minimum Gasteiger partial charge on any atom is -0.489 e. The second-order valence-corrected chi connectivity index (χ2v) is 5.52. The number of hydrogen-bond acceptors (Lipinski definition) is 1. The van der Waals surface area contributed by atoms with E-state index in [0.717, 1.165) is 15.6 Å². The van der Waals surface area contributed by atoms with Crippen molar-refractivity contribution in [2.45, 2.75) is 18.9 Å². The molecule has 0 N–H and O–H groups in total. The highest BCUT2D eigenvalue weighted by Crippen LogP contribution is 2.25. The van der Waals surface area contributed by atoms with Crippen LogP contribution in [0.1, 0.15) is 16.7 Å². The molecule has 0 atom stereocenters. The number of ether oxygens (including phenoxy) is 1. The van der Waals surface area contributed by atoms with Gasteiger partial charge in [-0.2, -0.15) is 0 Å². The maximum atomic E-state index is 5.83. The molecule has 2 aromatic rings. The van der Waals surface area contributed by atoms with Gasteiger partial charge >= 0.3 is 0 Å². The van der Waals surface area contributed by atoms with E-state index in [-0.39, 0.29) is 0 Å². The highest BCUT2D eigenvalue weighted by atomic mass is 79.9. The van der Waals surface area contributed by atoms with Crippen molar-refractivity contribution in [3.05, 3.63) is 63.6 Å². The van der Waals surface area contributed by atoms with Gasteiger partial charge in [-0.15, -0.1) is 0 Å². The molecule has 0 heterocycles. The van der Waals surface area contributed by atoms with Crippen molar-refractivity contribution < 1.29 is 4.74 Å². The Kier molecular flexibility index (Phi) is 4.84. The number of halogens is 2. The summed E-state index contributed by atoms with van der Waals surface area (Å²) < 4.78 is 6.93. The van der Waals surface area contributed by atoms with E-state index >= 15 is 0 Å². The zero-order valence-corrected chi connectivity index (χ0v) is 13.3. The highest BCUT2D eigenvalue weighted by Gasteiger charge is 2.03. The lowest BCUT2D eigenvalue weighted by atomic mass is 10.1. The predicted molar refractivity (Wildman–Crippen MR) is 82.3 cm³/mol. The average molecular weight is 370 g/mol. The summed E-state index contributed by atoms with van der Waals surface area (Å²) in [6.07, 6.45) is 0. The minimum atomic E-state index is 0.607. The predicted octanol–water partition coefficient (Wildman–Crippen LogP) is 5.23. The summed E-state index contributed by atoms with van der Waals surface area (Å²) >= 11 is 6.98. The Labute approximate surface area is 124 Å². The summed E-state index contributed by atoms with van der Waals surface area (Å²) in [7, 11) is 0. The van der Waals surface area contributed by atoms with Crippen LogP contribution in [0.25, 0.3) is 0 Å². The molecule has 3 heteroatoms. The molecule has 0 aliphatic rings. The Morgan fingerprint density at radius 2 is 1.83 bits per heavy atom. The fourth-order valence-electron chi connectivity index (χ4n) is 1.68. The van der Waals surface area contributed by atoms with Gasteiger partial charge in [0.25, 0.3) is 0 Å². The molecule has 2 aromatic carbocycles. The van der Waals surface area contributed by atoms with Crippen LogP contribution < -0.4 is 4.74 Å². The second-order valence-electron chi connectivity index (χ2n) is 4.10. The van der Waals surface area contributed by atoms with Crippen LogP contribution in [-0.2, 0) is 11.9 Å². The Hall–Kier alpha value is -0.800. The van der Waals surface area contributed by atoms with E-state index in [1.165, 1.54) is 16.7 Å². The summed E-state index contributed by atoms with van der Waals surface area (Å²) in [6.45, 7) is 2.71. The molecule has 0 amide bonds. The molecule has 1 nitrogen and oxygen atoms in total. The molecule has 94 valence electrons. The normalized spacial score (nSPS) is 10.4. The van der Waals surface area contributed by atoms with Crippen molar-refractivity contribution in [3.63, 3.8) is 0 Å². The molecular weight excluding hydrogens is 356 g/mol. The van der Waals surface area contributed by atoms with Crippen LogP contribution >= 0.6 is 31.9 Å². The largest absolute Gasteiger partial charge is 0.489 e. The molecule has 0 aliphatic carbocycles. The third kappa shape index (κ3) is 3.36. The molecule has 0 spiro atoms. The summed E-state index contributed by atoms with van der Waals surface area (Å²) in [5.74, 6) is 0.899. The van der Waals surface area contributed by atoms with Gasteiger partial charge in [-0.25, -0.2) is 0 Å². The first-order valence-corrected chi connectivity index (χ1v) is 7.64. The number of aryl methyl sites for hydroxylation is 1. The summed E-state index contributed by atoms with van der Waals surface area (Å²) in [5.41, 5.74) is 3.67. The van der Waals surface area contributed by atoms with Crippen molar-refractivity contribution in [2.75, 3.05) is 0 Å². The van der Waals surface area contributed by atoms with Crippen LogP contribution in [0.5, 0.6) is 5.75 Å². The van der Waals surface area contributed by atoms with Gasteiger partial charge in [0.1, 0.15) is 12.4 Å². The van der Waals surface area contributed by atoms with Gasteiger partial charge < -0.3 is 4.74 Å². The molecule has 0 bridgehead atoms. The fourth-order valence-corrected chi connectivity index (χ4v) is 2.90. The van der Waals surface area contributed by atoms with Crippen LogP contribution in [0.15, 0.2) is 46.9 Å². The lowest BCUT2D eigenvalue weighted by molar-refractivity contribution is 0.305. The molecule has 0 aliphatic heterocycles. The van der Waals surface area contributed by atoms with Crippen LogP contribution in [0.3, 0.4) is 0 Å². The molecule has 18 heavy (non-hydrogen) atoms. The molecule has 0 saturated carbocycles. The van der Waals surface area contributed by atoms with Gasteiger partial charge in [-0.05, 0) is 41.8 Å². The number of rotatable bonds is 4. The SMILES string of the molecule is Cc1ccccc1COc1ccc(Br)c(CBr)c1. The Balaban J connectivity index is 2.09. The van der Waals surface area contributed by atoms with Crippen molar-refractivity contribution in [2.24, 2.45) is 0 Å².